The third-order valence-electron chi connectivity index (χ3n) is 3.38. The molecule has 2 fully saturated rings. The summed E-state index contributed by atoms with van der Waals surface area (Å²) < 4.78 is 1.07. The summed E-state index contributed by atoms with van der Waals surface area (Å²) in [6, 6.07) is 2.95. The molecule has 5 heteroatoms. The highest BCUT2D eigenvalue weighted by molar-refractivity contribution is 9.10. The minimum Gasteiger partial charge on any atom is -0.355 e. The summed E-state index contributed by atoms with van der Waals surface area (Å²) in [5.74, 6) is 3.60. The number of halogens is 1. The second-order valence-electron chi connectivity index (χ2n) is 4.89. The van der Waals surface area contributed by atoms with Crippen molar-refractivity contribution >= 4 is 33.5 Å². The number of hydrogen-bond acceptors (Lipinski definition) is 4. The Morgan fingerprint density at radius 1 is 1.39 bits per heavy atom. The Balaban J connectivity index is 1.76. The molecule has 1 aromatic rings. The Bertz CT molecular complexity index is 417. The van der Waals surface area contributed by atoms with Crippen molar-refractivity contribution in [2.24, 2.45) is 0 Å². The predicted molar refractivity (Wildman–Crippen MR) is 81.3 cm³/mol. The van der Waals surface area contributed by atoms with Crippen LogP contribution in [-0.4, -0.2) is 35.6 Å². The van der Waals surface area contributed by atoms with E-state index in [1.165, 1.54) is 35.7 Å². The molecule has 1 aromatic heterocycles. The molecule has 3 nitrogen and oxygen atoms in total. The van der Waals surface area contributed by atoms with Gasteiger partial charge in [-0.1, -0.05) is 0 Å². The fraction of sp³-hybridized carbons (Fsp3) is 0.615. The molecule has 0 unspecified atom stereocenters. The molecule has 2 heterocycles. The van der Waals surface area contributed by atoms with Crippen molar-refractivity contribution < 1.29 is 0 Å². The van der Waals surface area contributed by atoms with Crippen LogP contribution in [0.15, 0.2) is 16.7 Å². The number of pyridine rings is 1. The lowest BCUT2D eigenvalue weighted by Crippen LogP contribution is -2.34. The lowest BCUT2D eigenvalue weighted by molar-refractivity contribution is 0.680. The van der Waals surface area contributed by atoms with Crippen molar-refractivity contribution in [3.63, 3.8) is 0 Å². The summed E-state index contributed by atoms with van der Waals surface area (Å²) in [7, 11) is 0. The molecule has 0 aromatic carbocycles. The SMILES string of the molecule is Brc1cnc(N2CCSCC2)c(CNC2CC2)c1. The predicted octanol–water partition coefficient (Wildman–Crippen LogP) is 2.65. The number of nitrogens with zero attached hydrogens (tertiary/aromatic N) is 2. The minimum absolute atomic E-state index is 0.744. The average molecular weight is 328 g/mol. The second-order valence-corrected chi connectivity index (χ2v) is 7.03. The summed E-state index contributed by atoms with van der Waals surface area (Å²) >= 11 is 5.57. The maximum Gasteiger partial charge on any atom is 0.133 e. The molecule has 0 radical (unpaired) electrons. The quantitative estimate of drug-likeness (QED) is 0.920. The minimum atomic E-state index is 0.744. The van der Waals surface area contributed by atoms with Gasteiger partial charge in [0, 0.05) is 53.4 Å². The van der Waals surface area contributed by atoms with Crippen molar-refractivity contribution in [3.8, 4) is 0 Å². The fourth-order valence-corrected chi connectivity index (χ4v) is 3.49. The second kappa shape index (κ2) is 5.80. The lowest BCUT2D eigenvalue weighted by Gasteiger charge is -2.29. The first-order chi connectivity index (χ1) is 8.83. The van der Waals surface area contributed by atoms with Crippen LogP contribution in [0.2, 0.25) is 0 Å². The molecule has 1 saturated carbocycles. The van der Waals surface area contributed by atoms with Crippen LogP contribution >= 0.6 is 27.7 Å². The van der Waals surface area contributed by atoms with E-state index in [9.17, 15) is 0 Å². The maximum absolute atomic E-state index is 4.63. The van der Waals surface area contributed by atoms with Crippen LogP contribution in [0.3, 0.4) is 0 Å². The summed E-state index contributed by atoms with van der Waals surface area (Å²) in [5.41, 5.74) is 1.32. The third kappa shape index (κ3) is 3.19. The van der Waals surface area contributed by atoms with Gasteiger partial charge in [0.15, 0.2) is 0 Å². The molecule has 1 saturated heterocycles. The molecule has 18 heavy (non-hydrogen) atoms. The van der Waals surface area contributed by atoms with Crippen molar-refractivity contribution in [2.75, 3.05) is 29.5 Å². The van der Waals surface area contributed by atoms with E-state index in [1.54, 1.807) is 0 Å². The van der Waals surface area contributed by atoms with Gasteiger partial charge < -0.3 is 10.2 Å². The van der Waals surface area contributed by atoms with Gasteiger partial charge in [-0.3, -0.25) is 0 Å². The van der Waals surface area contributed by atoms with Gasteiger partial charge in [-0.25, -0.2) is 4.98 Å². The molecule has 0 bridgehead atoms. The van der Waals surface area contributed by atoms with E-state index in [2.05, 4.69) is 37.2 Å². The number of aromatic nitrogens is 1. The molecule has 0 amide bonds. The Kier molecular flexibility index (Phi) is 4.11. The van der Waals surface area contributed by atoms with Crippen LogP contribution < -0.4 is 10.2 Å². The Morgan fingerprint density at radius 2 is 2.17 bits per heavy atom. The van der Waals surface area contributed by atoms with E-state index in [-0.39, 0.29) is 0 Å². The van der Waals surface area contributed by atoms with E-state index >= 15 is 0 Å². The van der Waals surface area contributed by atoms with Crippen LogP contribution in [0, 0.1) is 0 Å². The number of nitrogens with one attached hydrogen (secondary N) is 1. The Labute approximate surface area is 121 Å². The van der Waals surface area contributed by atoms with Gasteiger partial charge in [0.2, 0.25) is 0 Å². The zero-order valence-corrected chi connectivity index (χ0v) is 12.8. The fourth-order valence-electron chi connectivity index (χ4n) is 2.21. The normalized spacial score (nSPS) is 20.2. The van der Waals surface area contributed by atoms with Gasteiger partial charge in [0.1, 0.15) is 5.82 Å². The first kappa shape index (κ1) is 12.8. The zero-order chi connectivity index (χ0) is 12.4. The molecule has 2 aliphatic rings. The highest BCUT2D eigenvalue weighted by Gasteiger charge is 2.22. The van der Waals surface area contributed by atoms with Gasteiger partial charge >= 0.3 is 0 Å². The van der Waals surface area contributed by atoms with Gasteiger partial charge in [0.05, 0.1) is 0 Å². The first-order valence-corrected chi connectivity index (χ1v) is 8.48. The van der Waals surface area contributed by atoms with Crippen LogP contribution in [-0.2, 0) is 6.54 Å². The standard InChI is InChI=1S/C13H18BrN3S/c14-11-7-10(8-15-12-1-2-12)13(16-9-11)17-3-5-18-6-4-17/h7,9,12,15H,1-6,8H2. The van der Waals surface area contributed by atoms with Crippen LogP contribution in [0.1, 0.15) is 18.4 Å². The largest absolute Gasteiger partial charge is 0.355 e. The summed E-state index contributed by atoms with van der Waals surface area (Å²) in [5, 5.41) is 3.59. The first-order valence-electron chi connectivity index (χ1n) is 6.53. The number of thioether (sulfide) groups is 1. The molecule has 1 aliphatic carbocycles. The summed E-state index contributed by atoms with van der Waals surface area (Å²) in [6.07, 6.45) is 4.58. The topological polar surface area (TPSA) is 28.2 Å². The van der Waals surface area contributed by atoms with Crippen molar-refractivity contribution in [3.05, 3.63) is 22.3 Å². The highest BCUT2D eigenvalue weighted by atomic mass is 79.9. The molecule has 3 rings (SSSR count). The van der Waals surface area contributed by atoms with Crippen LogP contribution in [0.25, 0.3) is 0 Å². The van der Waals surface area contributed by atoms with Gasteiger partial charge in [-0.15, -0.1) is 0 Å². The monoisotopic (exact) mass is 327 g/mol. The summed E-state index contributed by atoms with van der Waals surface area (Å²) in [6.45, 7) is 3.18. The maximum atomic E-state index is 4.63. The molecule has 98 valence electrons. The van der Waals surface area contributed by atoms with E-state index < -0.39 is 0 Å². The molecular weight excluding hydrogens is 310 g/mol. The van der Waals surface area contributed by atoms with E-state index in [0.29, 0.717) is 0 Å². The van der Waals surface area contributed by atoms with E-state index in [4.69, 9.17) is 0 Å². The number of hydrogen-bond donors (Lipinski definition) is 1. The third-order valence-corrected chi connectivity index (χ3v) is 4.75. The number of rotatable bonds is 4. The van der Waals surface area contributed by atoms with E-state index in [0.717, 1.165) is 30.1 Å². The molecule has 1 aliphatic heterocycles. The Hall–Kier alpha value is -0.260. The van der Waals surface area contributed by atoms with Crippen molar-refractivity contribution in [1.29, 1.82) is 0 Å². The molecule has 0 spiro atoms. The van der Waals surface area contributed by atoms with E-state index in [1.807, 2.05) is 18.0 Å². The molecular formula is C13H18BrN3S. The van der Waals surface area contributed by atoms with Crippen molar-refractivity contribution in [2.45, 2.75) is 25.4 Å². The smallest absolute Gasteiger partial charge is 0.133 e. The highest BCUT2D eigenvalue weighted by Crippen LogP contribution is 2.26. The van der Waals surface area contributed by atoms with Gasteiger partial charge in [-0.05, 0) is 34.8 Å². The van der Waals surface area contributed by atoms with Crippen LogP contribution in [0.5, 0.6) is 0 Å². The van der Waals surface area contributed by atoms with Crippen molar-refractivity contribution in [1.82, 2.24) is 10.3 Å². The Morgan fingerprint density at radius 3 is 2.89 bits per heavy atom. The van der Waals surface area contributed by atoms with Gasteiger partial charge in [0.25, 0.3) is 0 Å². The van der Waals surface area contributed by atoms with Crippen LogP contribution in [0.4, 0.5) is 5.82 Å². The average Bonchev–Trinajstić information content (AvgIpc) is 3.21. The summed E-state index contributed by atoms with van der Waals surface area (Å²) in [4.78, 5) is 7.05. The number of anilines is 1. The molecule has 1 N–H and O–H groups in total. The van der Waals surface area contributed by atoms with Gasteiger partial charge in [-0.2, -0.15) is 11.8 Å². The lowest BCUT2D eigenvalue weighted by atomic mass is 10.2. The molecule has 0 atom stereocenters. The zero-order valence-electron chi connectivity index (χ0n) is 10.4.